The third kappa shape index (κ3) is 9.69. The normalized spacial score (nSPS) is 18.2. The molecule has 1 saturated heterocycles. The lowest BCUT2D eigenvalue weighted by Crippen LogP contribution is -2.50. The number of ether oxygens (including phenoxy) is 2. The average molecular weight is 688 g/mol. The van der Waals surface area contributed by atoms with Crippen molar-refractivity contribution in [3.8, 4) is 17.6 Å². The van der Waals surface area contributed by atoms with E-state index in [9.17, 15) is 26.7 Å². The smallest absolute Gasteiger partial charge is 0.393 e. The molecule has 1 fully saturated rings. The first kappa shape index (κ1) is 35.7. The number of thiophene rings is 1. The molecule has 1 aliphatic heterocycles. The molecule has 9 nitrogen and oxygen atoms in total. The van der Waals surface area contributed by atoms with Crippen molar-refractivity contribution in [3.05, 3.63) is 46.8 Å². The van der Waals surface area contributed by atoms with Crippen LogP contribution in [0.15, 0.2) is 41.3 Å². The van der Waals surface area contributed by atoms with Crippen LogP contribution in [-0.2, 0) is 21.0 Å². The van der Waals surface area contributed by atoms with E-state index in [0.717, 1.165) is 17.6 Å². The monoisotopic (exact) mass is 687 g/mol. The standard InChI is InChI=1S/C31H37F4N3O6S2/c1-43-19-20(40)17-38-12-10-25(24(32)18-38)37-27-6-3-5-22-23(16-31(33,34)35)29(45-30(22)27)7-4-11-36-26-9-8-21(46(2,41)42)15-28(26)44-14-13-39/h3,5-6,8-9,15,20,24-25,36-37,39-40H,10-14,16-19H2,1-2H3. The highest BCUT2D eigenvalue weighted by Crippen LogP contribution is 2.39. The maximum atomic E-state index is 15.2. The topological polar surface area (TPSA) is 120 Å². The lowest BCUT2D eigenvalue weighted by molar-refractivity contribution is -0.126. The number of aliphatic hydroxyl groups excluding tert-OH is 2. The first-order valence-electron chi connectivity index (χ1n) is 14.5. The van der Waals surface area contributed by atoms with Gasteiger partial charge in [-0.15, -0.1) is 11.3 Å². The predicted molar refractivity (Wildman–Crippen MR) is 170 cm³/mol. The Balaban J connectivity index is 1.55. The van der Waals surface area contributed by atoms with E-state index >= 15 is 4.39 Å². The van der Waals surface area contributed by atoms with Crippen molar-refractivity contribution in [2.75, 3.05) is 70.0 Å². The van der Waals surface area contributed by atoms with E-state index in [4.69, 9.17) is 14.6 Å². The summed E-state index contributed by atoms with van der Waals surface area (Å²) in [5, 5.41) is 25.7. The third-order valence-electron chi connectivity index (χ3n) is 7.29. The summed E-state index contributed by atoms with van der Waals surface area (Å²) in [7, 11) is -2.04. The number of alkyl halides is 4. The molecule has 3 unspecified atom stereocenters. The molecule has 0 amide bonds. The molecule has 0 radical (unpaired) electrons. The van der Waals surface area contributed by atoms with Gasteiger partial charge in [-0.1, -0.05) is 24.0 Å². The number of aliphatic hydroxyl groups is 2. The average Bonchev–Trinajstić information content (AvgIpc) is 3.32. The molecule has 2 heterocycles. The van der Waals surface area contributed by atoms with E-state index in [2.05, 4.69) is 22.5 Å². The maximum Gasteiger partial charge on any atom is 0.393 e. The number of β-amino-alcohol motifs (C(OH)–C–C–N with tert-alkyl or cyclic N) is 1. The Hall–Kier alpha value is -3.13. The zero-order chi connectivity index (χ0) is 33.5. The van der Waals surface area contributed by atoms with E-state index in [1.807, 2.05) is 4.90 Å². The summed E-state index contributed by atoms with van der Waals surface area (Å²) in [5.41, 5.74) is 0.953. The highest BCUT2D eigenvalue weighted by atomic mass is 32.2. The van der Waals surface area contributed by atoms with Crippen molar-refractivity contribution in [1.29, 1.82) is 0 Å². The fourth-order valence-electron chi connectivity index (χ4n) is 5.22. The minimum atomic E-state index is -4.49. The van der Waals surface area contributed by atoms with Crippen LogP contribution in [0.2, 0.25) is 0 Å². The second kappa shape index (κ2) is 15.6. The second-order valence-corrected chi connectivity index (χ2v) is 14.0. The molecule has 1 aliphatic rings. The number of hydrogen-bond donors (Lipinski definition) is 4. The molecule has 3 aromatic rings. The number of piperidine rings is 1. The number of halogens is 4. The number of sulfone groups is 1. The van der Waals surface area contributed by atoms with Crippen LogP contribution in [-0.4, -0.2) is 107 Å². The molecular formula is C31H37F4N3O6S2. The van der Waals surface area contributed by atoms with E-state index < -0.39 is 40.8 Å². The molecule has 0 bridgehead atoms. The van der Waals surface area contributed by atoms with E-state index in [-0.39, 0.29) is 60.5 Å². The quantitative estimate of drug-likeness (QED) is 0.156. The first-order valence-corrected chi connectivity index (χ1v) is 17.2. The van der Waals surface area contributed by atoms with Gasteiger partial charge in [0.15, 0.2) is 9.84 Å². The van der Waals surface area contributed by atoms with Crippen molar-refractivity contribution >= 4 is 42.6 Å². The van der Waals surface area contributed by atoms with Gasteiger partial charge < -0.3 is 30.3 Å². The number of likely N-dealkylation sites (tertiary alicyclic amines) is 1. The van der Waals surface area contributed by atoms with Crippen LogP contribution in [0.5, 0.6) is 5.75 Å². The summed E-state index contributed by atoms with van der Waals surface area (Å²) in [6, 6.07) is 8.57. The molecule has 15 heteroatoms. The minimum Gasteiger partial charge on any atom is -0.489 e. The van der Waals surface area contributed by atoms with Crippen molar-refractivity contribution in [2.45, 2.75) is 42.2 Å². The largest absolute Gasteiger partial charge is 0.489 e. The van der Waals surface area contributed by atoms with Crippen LogP contribution < -0.4 is 15.4 Å². The molecule has 2 aromatic carbocycles. The lowest BCUT2D eigenvalue weighted by atomic mass is 10.0. The summed E-state index contributed by atoms with van der Waals surface area (Å²) < 4.78 is 91.1. The first-order chi connectivity index (χ1) is 21.8. The molecular weight excluding hydrogens is 650 g/mol. The van der Waals surface area contributed by atoms with Crippen molar-refractivity contribution in [3.63, 3.8) is 0 Å². The third-order valence-corrected chi connectivity index (χ3v) is 9.60. The van der Waals surface area contributed by atoms with Crippen molar-refractivity contribution in [1.82, 2.24) is 4.90 Å². The zero-order valence-electron chi connectivity index (χ0n) is 25.4. The van der Waals surface area contributed by atoms with Gasteiger partial charge in [-0.3, -0.25) is 4.90 Å². The number of nitrogens with one attached hydrogen (secondary N) is 2. The fourth-order valence-corrected chi connectivity index (χ4v) is 7.03. The SMILES string of the molecule is COCC(O)CN1CCC(Nc2cccc3c(CC(F)(F)F)c(C#CCNc4ccc(S(C)(=O)=O)cc4OCCO)sc23)C(F)C1. The molecule has 252 valence electrons. The number of anilines is 2. The number of nitrogens with zero attached hydrogens (tertiary/aromatic N) is 1. The number of hydrogen-bond acceptors (Lipinski definition) is 10. The summed E-state index contributed by atoms with van der Waals surface area (Å²) in [6.07, 6.45) is -6.19. The van der Waals surface area contributed by atoms with Gasteiger partial charge in [0.2, 0.25) is 0 Å². The van der Waals surface area contributed by atoms with Crippen LogP contribution in [0.4, 0.5) is 28.9 Å². The van der Waals surface area contributed by atoms with Gasteiger partial charge in [0, 0.05) is 39.1 Å². The van der Waals surface area contributed by atoms with Gasteiger partial charge in [0.1, 0.15) is 18.5 Å². The Kier molecular flexibility index (Phi) is 12.1. The number of fused-ring (bicyclic) bond motifs is 1. The van der Waals surface area contributed by atoms with E-state index in [1.165, 1.54) is 25.3 Å². The summed E-state index contributed by atoms with van der Waals surface area (Å²) in [5.74, 6) is 5.88. The summed E-state index contributed by atoms with van der Waals surface area (Å²) in [4.78, 5) is 2.07. The van der Waals surface area contributed by atoms with Crippen LogP contribution in [0.1, 0.15) is 16.9 Å². The van der Waals surface area contributed by atoms with Gasteiger partial charge >= 0.3 is 6.18 Å². The van der Waals surface area contributed by atoms with Crippen molar-refractivity contribution in [2.24, 2.45) is 0 Å². The molecule has 4 N–H and O–H groups in total. The Bertz CT molecular complexity index is 1660. The lowest BCUT2D eigenvalue weighted by Gasteiger charge is -2.36. The van der Waals surface area contributed by atoms with Crippen LogP contribution in [0, 0.1) is 11.8 Å². The van der Waals surface area contributed by atoms with Crippen LogP contribution in [0.25, 0.3) is 10.1 Å². The summed E-state index contributed by atoms with van der Waals surface area (Å²) in [6.45, 7) is 0.693. The number of benzene rings is 2. The number of rotatable bonds is 13. The Labute approximate surface area is 269 Å². The van der Waals surface area contributed by atoms with E-state index in [0.29, 0.717) is 34.4 Å². The zero-order valence-corrected chi connectivity index (χ0v) is 27.0. The Morgan fingerprint density at radius 1 is 1.22 bits per heavy atom. The summed E-state index contributed by atoms with van der Waals surface area (Å²) >= 11 is 1.10. The fraction of sp³-hybridized carbons (Fsp3) is 0.484. The van der Waals surface area contributed by atoms with Crippen molar-refractivity contribution < 1.29 is 45.7 Å². The highest BCUT2D eigenvalue weighted by Gasteiger charge is 2.33. The molecule has 0 saturated carbocycles. The minimum absolute atomic E-state index is 0.000297. The highest BCUT2D eigenvalue weighted by molar-refractivity contribution is 7.90. The molecule has 1 aromatic heterocycles. The van der Waals surface area contributed by atoms with Crippen LogP contribution in [0.3, 0.4) is 0 Å². The molecule has 0 spiro atoms. The Morgan fingerprint density at radius 2 is 2.00 bits per heavy atom. The molecule has 0 aliphatic carbocycles. The van der Waals surface area contributed by atoms with Gasteiger partial charge in [-0.25, -0.2) is 12.8 Å². The molecule has 3 atom stereocenters. The van der Waals surface area contributed by atoms with Gasteiger partial charge in [-0.05, 0) is 35.6 Å². The van der Waals surface area contributed by atoms with Crippen LogP contribution >= 0.6 is 11.3 Å². The van der Waals surface area contributed by atoms with E-state index in [1.54, 1.807) is 18.2 Å². The van der Waals surface area contributed by atoms with Gasteiger partial charge in [-0.2, -0.15) is 13.2 Å². The maximum absolute atomic E-state index is 15.2. The molecule has 46 heavy (non-hydrogen) atoms. The number of methoxy groups -OCH3 is 1. The molecule has 4 rings (SSSR count). The predicted octanol–water partition coefficient (Wildman–Crippen LogP) is 4.08. The van der Waals surface area contributed by atoms with Gasteiger partial charge in [0.25, 0.3) is 0 Å². The Morgan fingerprint density at radius 3 is 2.67 bits per heavy atom. The van der Waals surface area contributed by atoms with Gasteiger partial charge in [0.05, 0.1) is 64.2 Å². The second-order valence-electron chi connectivity index (χ2n) is 11.0.